The van der Waals surface area contributed by atoms with Crippen LogP contribution in [-0.2, 0) is 17.9 Å². The lowest BCUT2D eigenvalue weighted by Gasteiger charge is -2.26. The summed E-state index contributed by atoms with van der Waals surface area (Å²) in [6.45, 7) is 2.82. The number of carbonyl (C=O) groups excluding carboxylic acids is 1. The summed E-state index contributed by atoms with van der Waals surface area (Å²) < 4.78 is 11.4. The Morgan fingerprint density at radius 3 is 3.09 bits per heavy atom. The van der Waals surface area contributed by atoms with Gasteiger partial charge in [-0.25, -0.2) is 0 Å². The van der Waals surface area contributed by atoms with Crippen molar-refractivity contribution in [1.29, 1.82) is 0 Å². The molecule has 0 aromatic carbocycles. The first-order valence-corrected chi connectivity index (χ1v) is 8.83. The van der Waals surface area contributed by atoms with Crippen LogP contribution in [0.3, 0.4) is 0 Å². The average Bonchev–Trinajstić information content (AvgIpc) is 3.22. The maximum atomic E-state index is 11.8. The van der Waals surface area contributed by atoms with E-state index in [9.17, 15) is 4.79 Å². The van der Waals surface area contributed by atoms with E-state index in [2.05, 4.69) is 22.4 Å². The van der Waals surface area contributed by atoms with Gasteiger partial charge in [0.05, 0.1) is 17.5 Å². The van der Waals surface area contributed by atoms with E-state index >= 15 is 0 Å². The lowest BCUT2D eigenvalue weighted by molar-refractivity contribution is -0.00494. The van der Waals surface area contributed by atoms with Crippen molar-refractivity contribution in [3.8, 4) is 0 Å². The van der Waals surface area contributed by atoms with Crippen LogP contribution in [0.1, 0.15) is 54.1 Å². The van der Waals surface area contributed by atoms with E-state index in [4.69, 9.17) is 9.15 Å². The van der Waals surface area contributed by atoms with Crippen molar-refractivity contribution in [3.05, 3.63) is 34.2 Å². The van der Waals surface area contributed by atoms with Crippen LogP contribution in [0, 0.1) is 5.92 Å². The summed E-state index contributed by atoms with van der Waals surface area (Å²) in [5.74, 6) is 1.45. The maximum absolute atomic E-state index is 11.8. The highest BCUT2D eigenvalue weighted by molar-refractivity contribution is 7.12. The predicted molar refractivity (Wildman–Crippen MR) is 86.0 cm³/mol. The highest BCUT2D eigenvalue weighted by Gasteiger charge is 2.20. The Kier molecular flexibility index (Phi) is 5.40. The van der Waals surface area contributed by atoms with Crippen LogP contribution < -0.4 is 5.32 Å². The molecule has 23 heavy (non-hydrogen) atoms. The van der Waals surface area contributed by atoms with E-state index in [-0.39, 0.29) is 18.6 Å². The molecule has 2 aromatic heterocycles. The molecule has 2 atom stereocenters. The number of aromatic nitrogens is 2. The normalized spacial score (nSPS) is 21.3. The number of carbonyl (C=O) groups is 1. The van der Waals surface area contributed by atoms with E-state index in [0.717, 1.165) is 18.8 Å². The van der Waals surface area contributed by atoms with Gasteiger partial charge in [-0.15, -0.1) is 21.5 Å². The molecule has 1 saturated carbocycles. The summed E-state index contributed by atoms with van der Waals surface area (Å²) in [6, 6.07) is 3.62. The van der Waals surface area contributed by atoms with Gasteiger partial charge in [-0.1, -0.05) is 25.8 Å². The second kappa shape index (κ2) is 7.70. The zero-order valence-corrected chi connectivity index (χ0v) is 14.0. The first-order chi connectivity index (χ1) is 11.2. The van der Waals surface area contributed by atoms with Crippen molar-refractivity contribution >= 4 is 17.2 Å². The van der Waals surface area contributed by atoms with Gasteiger partial charge in [-0.3, -0.25) is 4.79 Å². The van der Waals surface area contributed by atoms with Crippen LogP contribution >= 0.6 is 11.3 Å². The summed E-state index contributed by atoms with van der Waals surface area (Å²) in [5, 5.41) is 12.5. The maximum Gasteiger partial charge on any atom is 0.261 e. The van der Waals surface area contributed by atoms with Gasteiger partial charge in [0.1, 0.15) is 6.61 Å². The minimum atomic E-state index is -0.132. The molecule has 1 N–H and O–H groups in total. The van der Waals surface area contributed by atoms with Crippen LogP contribution in [0.5, 0.6) is 0 Å². The molecule has 0 bridgehead atoms. The first kappa shape index (κ1) is 16.1. The Balaban J connectivity index is 1.43. The molecule has 6 nitrogen and oxygen atoms in total. The Bertz CT molecular complexity index is 626. The number of ether oxygens (including phenoxy) is 1. The van der Waals surface area contributed by atoms with Gasteiger partial charge in [-0.05, 0) is 30.2 Å². The molecule has 0 saturated heterocycles. The number of thiophene rings is 1. The SMILES string of the molecule is CC1CCCC(OCc2nnc(CNC(=O)c3cccs3)o2)C1. The van der Waals surface area contributed by atoms with Crippen LogP contribution in [0.4, 0.5) is 0 Å². The number of amides is 1. The minimum Gasteiger partial charge on any atom is -0.421 e. The molecule has 2 unspecified atom stereocenters. The van der Waals surface area contributed by atoms with E-state index in [1.165, 1.54) is 24.2 Å². The van der Waals surface area contributed by atoms with E-state index in [1.54, 1.807) is 6.07 Å². The van der Waals surface area contributed by atoms with E-state index in [1.807, 2.05) is 11.4 Å². The third kappa shape index (κ3) is 4.62. The molecule has 3 rings (SSSR count). The van der Waals surface area contributed by atoms with Crippen molar-refractivity contribution in [2.24, 2.45) is 5.92 Å². The second-order valence-corrected chi connectivity index (χ2v) is 6.90. The summed E-state index contributed by atoms with van der Waals surface area (Å²) >= 11 is 1.40. The van der Waals surface area contributed by atoms with E-state index in [0.29, 0.717) is 23.3 Å². The molecule has 1 aliphatic carbocycles. The average molecular weight is 335 g/mol. The topological polar surface area (TPSA) is 77.3 Å². The smallest absolute Gasteiger partial charge is 0.261 e. The van der Waals surface area contributed by atoms with Crippen molar-refractivity contribution < 1.29 is 13.9 Å². The Morgan fingerprint density at radius 1 is 1.43 bits per heavy atom. The van der Waals surface area contributed by atoms with Gasteiger partial charge in [0, 0.05) is 0 Å². The quantitative estimate of drug-likeness (QED) is 0.877. The fraction of sp³-hybridized carbons (Fsp3) is 0.562. The molecule has 0 spiro atoms. The molecule has 0 radical (unpaired) electrons. The number of rotatable bonds is 6. The molecular formula is C16H21N3O3S. The lowest BCUT2D eigenvalue weighted by Crippen LogP contribution is -2.22. The summed E-state index contributed by atoms with van der Waals surface area (Å²) in [5.41, 5.74) is 0. The molecular weight excluding hydrogens is 314 g/mol. The number of nitrogens with one attached hydrogen (secondary N) is 1. The highest BCUT2D eigenvalue weighted by atomic mass is 32.1. The van der Waals surface area contributed by atoms with Crippen molar-refractivity contribution in [3.63, 3.8) is 0 Å². The van der Waals surface area contributed by atoms with Crippen LogP contribution in [-0.4, -0.2) is 22.2 Å². The van der Waals surface area contributed by atoms with Crippen molar-refractivity contribution in [2.75, 3.05) is 0 Å². The number of hydrogen-bond acceptors (Lipinski definition) is 6. The number of hydrogen-bond donors (Lipinski definition) is 1. The fourth-order valence-corrected chi connectivity index (χ4v) is 3.43. The Hall–Kier alpha value is -1.73. The molecule has 124 valence electrons. The predicted octanol–water partition coefficient (Wildman–Crippen LogP) is 3.16. The molecule has 1 fully saturated rings. The molecule has 7 heteroatoms. The first-order valence-electron chi connectivity index (χ1n) is 7.95. The fourth-order valence-electron chi connectivity index (χ4n) is 2.79. The Morgan fingerprint density at radius 2 is 2.30 bits per heavy atom. The summed E-state index contributed by atoms with van der Waals surface area (Å²) in [7, 11) is 0. The van der Waals surface area contributed by atoms with Gasteiger partial charge < -0.3 is 14.5 Å². The van der Waals surface area contributed by atoms with Crippen LogP contribution in [0.15, 0.2) is 21.9 Å². The summed E-state index contributed by atoms with van der Waals surface area (Å²) in [6.07, 6.45) is 4.98. The molecule has 1 aliphatic rings. The summed E-state index contributed by atoms with van der Waals surface area (Å²) in [4.78, 5) is 12.5. The standard InChI is InChI=1S/C16H21N3O3S/c1-11-4-2-5-12(8-11)21-10-15-19-18-14(22-15)9-17-16(20)13-6-3-7-23-13/h3,6-7,11-12H,2,4-5,8-10H2,1H3,(H,17,20). The minimum absolute atomic E-state index is 0.132. The van der Waals surface area contributed by atoms with Crippen molar-refractivity contribution in [2.45, 2.75) is 51.9 Å². The van der Waals surface area contributed by atoms with Gasteiger partial charge in [0.2, 0.25) is 11.8 Å². The third-order valence-electron chi connectivity index (χ3n) is 3.98. The van der Waals surface area contributed by atoms with Gasteiger partial charge in [0.25, 0.3) is 5.91 Å². The molecule has 1 amide bonds. The van der Waals surface area contributed by atoms with Crippen LogP contribution in [0.2, 0.25) is 0 Å². The third-order valence-corrected chi connectivity index (χ3v) is 4.85. The van der Waals surface area contributed by atoms with E-state index < -0.39 is 0 Å². The van der Waals surface area contributed by atoms with Gasteiger partial charge >= 0.3 is 0 Å². The zero-order valence-electron chi connectivity index (χ0n) is 13.2. The largest absolute Gasteiger partial charge is 0.421 e. The second-order valence-electron chi connectivity index (χ2n) is 5.95. The van der Waals surface area contributed by atoms with Gasteiger partial charge in [0.15, 0.2) is 0 Å². The molecule has 2 heterocycles. The molecule has 0 aliphatic heterocycles. The van der Waals surface area contributed by atoms with Crippen molar-refractivity contribution in [1.82, 2.24) is 15.5 Å². The Labute approximate surface area is 139 Å². The monoisotopic (exact) mass is 335 g/mol. The highest BCUT2D eigenvalue weighted by Crippen LogP contribution is 2.26. The zero-order chi connectivity index (χ0) is 16.1. The lowest BCUT2D eigenvalue weighted by atomic mass is 9.89. The number of nitrogens with zero attached hydrogens (tertiary/aromatic N) is 2. The van der Waals surface area contributed by atoms with Gasteiger partial charge in [-0.2, -0.15) is 0 Å². The van der Waals surface area contributed by atoms with Crippen LogP contribution in [0.25, 0.3) is 0 Å². The molecule has 2 aromatic rings.